The molecule has 0 bridgehead atoms. The molecule has 0 aliphatic rings. The fraction of sp³-hybridized carbons (Fsp3) is 0. The second-order valence-electron chi connectivity index (χ2n) is 14.4. The van der Waals surface area contributed by atoms with E-state index in [-0.39, 0.29) is 0 Å². The molecule has 12 aromatic rings. The first-order valence-corrected chi connectivity index (χ1v) is 18.9. The molecular formula is C52H31NO3. The number of hydrogen-bond donors (Lipinski definition) is 0. The van der Waals surface area contributed by atoms with E-state index in [9.17, 15) is 0 Å². The molecule has 3 heterocycles. The largest absolute Gasteiger partial charge is 0.456 e. The van der Waals surface area contributed by atoms with Gasteiger partial charge in [-0.3, -0.25) is 0 Å². The first-order valence-electron chi connectivity index (χ1n) is 18.9. The molecule has 0 spiro atoms. The number of para-hydroxylation sites is 3. The van der Waals surface area contributed by atoms with E-state index in [4.69, 9.17) is 13.3 Å². The minimum absolute atomic E-state index is 0.823. The van der Waals surface area contributed by atoms with Gasteiger partial charge >= 0.3 is 0 Å². The fourth-order valence-corrected chi connectivity index (χ4v) is 8.66. The van der Waals surface area contributed by atoms with Crippen LogP contribution in [0, 0.1) is 0 Å². The zero-order valence-electron chi connectivity index (χ0n) is 30.1. The number of nitrogens with zero attached hydrogens (tertiary/aromatic N) is 1. The quantitative estimate of drug-likeness (QED) is 0.178. The van der Waals surface area contributed by atoms with E-state index in [1.165, 1.54) is 10.8 Å². The highest BCUT2D eigenvalue weighted by Crippen LogP contribution is 2.45. The Morgan fingerprint density at radius 2 is 0.875 bits per heavy atom. The van der Waals surface area contributed by atoms with E-state index in [2.05, 4.69) is 163 Å². The van der Waals surface area contributed by atoms with Crippen molar-refractivity contribution in [2.75, 3.05) is 4.90 Å². The van der Waals surface area contributed by atoms with Crippen molar-refractivity contribution in [1.29, 1.82) is 0 Å². The van der Waals surface area contributed by atoms with Gasteiger partial charge in [0.05, 0.1) is 5.39 Å². The molecule has 0 atom stereocenters. The Kier molecular flexibility index (Phi) is 6.60. The second kappa shape index (κ2) is 12.0. The fourth-order valence-electron chi connectivity index (χ4n) is 8.66. The highest BCUT2D eigenvalue weighted by molar-refractivity contribution is 6.26. The SMILES string of the molecule is c1ccc(N(c2ccc(-c3ccc(-c4cc5oc6ccccc6c5c5oc6ccccc6c45)cc3)cc2)c2ccc3c(c2)oc2ccc4ccccc4c23)cc1. The maximum Gasteiger partial charge on any atom is 0.147 e. The van der Waals surface area contributed by atoms with Crippen LogP contribution in [-0.2, 0) is 0 Å². The number of hydrogen-bond acceptors (Lipinski definition) is 4. The lowest BCUT2D eigenvalue weighted by molar-refractivity contribution is 0.663. The molecule has 4 heteroatoms. The number of benzene rings is 9. The summed E-state index contributed by atoms with van der Waals surface area (Å²) < 4.78 is 19.4. The Morgan fingerprint density at radius 3 is 1.66 bits per heavy atom. The maximum atomic E-state index is 6.56. The van der Waals surface area contributed by atoms with E-state index >= 15 is 0 Å². The number of furan rings is 3. The predicted octanol–water partition coefficient (Wildman–Crippen LogP) is 15.3. The zero-order valence-corrected chi connectivity index (χ0v) is 30.1. The monoisotopic (exact) mass is 717 g/mol. The summed E-state index contributed by atoms with van der Waals surface area (Å²) in [6.45, 7) is 0. The van der Waals surface area contributed by atoms with Crippen LogP contribution >= 0.6 is 0 Å². The standard InChI is InChI=1S/C52H31NO3/c1-2-11-36(12-3-1)53(38-27-28-42-47(30-38)55-46-29-24-34-10-4-5-13-39(34)49(42)46)37-25-22-33(23-26-37)32-18-20-35(21-19-32)43-31-48-51(41-15-7-8-16-44(41)54-48)52-50(43)40-14-6-9-17-45(40)56-52/h1-31H. The predicted molar refractivity (Wildman–Crippen MR) is 231 cm³/mol. The summed E-state index contributed by atoms with van der Waals surface area (Å²) in [5.41, 5.74) is 12.8. The van der Waals surface area contributed by atoms with E-state index < -0.39 is 0 Å². The molecule has 0 fully saturated rings. The minimum Gasteiger partial charge on any atom is -0.456 e. The van der Waals surface area contributed by atoms with Crippen molar-refractivity contribution in [3.8, 4) is 22.3 Å². The third-order valence-electron chi connectivity index (χ3n) is 11.3. The van der Waals surface area contributed by atoms with Gasteiger partial charge < -0.3 is 18.2 Å². The Labute approximate surface area is 321 Å². The molecule has 0 amide bonds. The number of fused-ring (bicyclic) bond motifs is 12. The topological polar surface area (TPSA) is 42.7 Å². The number of anilines is 3. The Bertz CT molecular complexity index is 3460. The van der Waals surface area contributed by atoms with Gasteiger partial charge in [-0.05, 0) is 93.7 Å². The lowest BCUT2D eigenvalue weighted by Gasteiger charge is -2.25. The van der Waals surface area contributed by atoms with Crippen molar-refractivity contribution in [3.63, 3.8) is 0 Å². The third-order valence-corrected chi connectivity index (χ3v) is 11.3. The lowest BCUT2D eigenvalue weighted by atomic mass is 9.95. The Morgan fingerprint density at radius 1 is 0.304 bits per heavy atom. The van der Waals surface area contributed by atoms with Gasteiger partial charge in [0.1, 0.15) is 33.5 Å². The van der Waals surface area contributed by atoms with Gasteiger partial charge in [-0.2, -0.15) is 0 Å². The first-order chi connectivity index (χ1) is 27.7. The van der Waals surface area contributed by atoms with Crippen LogP contribution in [0.1, 0.15) is 0 Å². The van der Waals surface area contributed by atoms with Crippen LogP contribution in [0.25, 0.3) is 98.8 Å². The molecule has 0 saturated carbocycles. The summed E-state index contributed by atoms with van der Waals surface area (Å²) in [6.07, 6.45) is 0. The van der Waals surface area contributed by atoms with Crippen LogP contribution in [-0.4, -0.2) is 0 Å². The van der Waals surface area contributed by atoms with Crippen LogP contribution in [0.5, 0.6) is 0 Å². The second-order valence-corrected chi connectivity index (χ2v) is 14.4. The molecule has 0 saturated heterocycles. The molecular weight excluding hydrogens is 687 g/mol. The van der Waals surface area contributed by atoms with Crippen LogP contribution < -0.4 is 4.90 Å². The van der Waals surface area contributed by atoms with Crippen molar-refractivity contribution >= 4 is 93.7 Å². The number of rotatable bonds is 5. The zero-order chi connectivity index (χ0) is 36.7. The van der Waals surface area contributed by atoms with Gasteiger partial charge in [0.2, 0.25) is 0 Å². The van der Waals surface area contributed by atoms with Gasteiger partial charge in [0.15, 0.2) is 0 Å². The van der Waals surface area contributed by atoms with Gasteiger partial charge in [0.25, 0.3) is 0 Å². The highest BCUT2D eigenvalue weighted by atomic mass is 16.3. The van der Waals surface area contributed by atoms with Crippen LogP contribution in [0.3, 0.4) is 0 Å². The molecule has 9 aromatic carbocycles. The van der Waals surface area contributed by atoms with Gasteiger partial charge in [-0.1, -0.05) is 121 Å². The average Bonchev–Trinajstić information content (AvgIpc) is 3.95. The van der Waals surface area contributed by atoms with E-state index in [0.717, 1.165) is 105 Å². The van der Waals surface area contributed by atoms with E-state index in [0.29, 0.717) is 0 Å². The van der Waals surface area contributed by atoms with Crippen LogP contribution in [0.15, 0.2) is 201 Å². The van der Waals surface area contributed by atoms with E-state index in [1.54, 1.807) is 0 Å². The third kappa shape index (κ3) is 4.66. The molecule has 262 valence electrons. The molecule has 3 aromatic heterocycles. The van der Waals surface area contributed by atoms with Gasteiger partial charge in [-0.25, -0.2) is 0 Å². The van der Waals surface area contributed by atoms with Gasteiger partial charge in [-0.15, -0.1) is 0 Å². The minimum atomic E-state index is 0.823. The Hall–Kier alpha value is -7.56. The van der Waals surface area contributed by atoms with Crippen LogP contribution in [0.4, 0.5) is 17.1 Å². The van der Waals surface area contributed by atoms with Crippen molar-refractivity contribution in [2.24, 2.45) is 0 Å². The molecule has 4 nitrogen and oxygen atoms in total. The summed E-state index contributed by atoms with van der Waals surface area (Å²) in [5.74, 6) is 0. The molecule has 0 aliphatic carbocycles. The average molecular weight is 718 g/mol. The molecule has 0 radical (unpaired) electrons. The van der Waals surface area contributed by atoms with Crippen molar-refractivity contribution in [3.05, 3.63) is 188 Å². The molecule has 12 rings (SSSR count). The van der Waals surface area contributed by atoms with E-state index in [1.807, 2.05) is 30.3 Å². The Balaban J connectivity index is 0.927. The van der Waals surface area contributed by atoms with Crippen molar-refractivity contribution in [1.82, 2.24) is 0 Å². The smallest absolute Gasteiger partial charge is 0.147 e. The molecule has 0 N–H and O–H groups in total. The molecule has 0 unspecified atom stereocenters. The van der Waals surface area contributed by atoms with Crippen molar-refractivity contribution in [2.45, 2.75) is 0 Å². The lowest BCUT2D eigenvalue weighted by Crippen LogP contribution is -2.09. The summed E-state index contributed by atoms with van der Waals surface area (Å²) >= 11 is 0. The highest BCUT2D eigenvalue weighted by Gasteiger charge is 2.21. The summed E-state index contributed by atoms with van der Waals surface area (Å²) in [5, 5.41) is 8.97. The van der Waals surface area contributed by atoms with Crippen molar-refractivity contribution < 1.29 is 13.3 Å². The maximum absolute atomic E-state index is 6.56. The summed E-state index contributed by atoms with van der Waals surface area (Å²) in [7, 11) is 0. The van der Waals surface area contributed by atoms with Crippen LogP contribution in [0.2, 0.25) is 0 Å². The van der Waals surface area contributed by atoms with Gasteiger partial charge in [0, 0.05) is 50.1 Å². The molecule has 0 aliphatic heterocycles. The summed E-state index contributed by atoms with van der Waals surface area (Å²) in [4.78, 5) is 2.28. The summed E-state index contributed by atoms with van der Waals surface area (Å²) in [6, 6.07) is 66.0. The first kappa shape index (κ1) is 30.9. The normalized spacial score (nSPS) is 11.9. The molecule has 56 heavy (non-hydrogen) atoms.